The highest BCUT2D eigenvalue weighted by molar-refractivity contribution is 5.77. The summed E-state index contributed by atoms with van der Waals surface area (Å²) in [4.78, 5) is 11.9. The van der Waals surface area contributed by atoms with Gasteiger partial charge in [0.2, 0.25) is 0 Å². The van der Waals surface area contributed by atoms with Gasteiger partial charge < -0.3 is 19.9 Å². The molecule has 106 valence electrons. The molecule has 5 nitrogen and oxygen atoms in total. The molecule has 19 heavy (non-hydrogen) atoms. The molecule has 1 atom stereocenters. The van der Waals surface area contributed by atoms with Crippen LogP contribution >= 0.6 is 0 Å². The van der Waals surface area contributed by atoms with Gasteiger partial charge in [0.15, 0.2) is 0 Å². The topological polar surface area (TPSA) is 70.8 Å². The molecule has 0 spiro atoms. The van der Waals surface area contributed by atoms with E-state index in [1.165, 1.54) is 7.11 Å². The molecule has 0 saturated carbocycles. The Morgan fingerprint density at radius 2 is 1.63 bits per heavy atom. The summed E-state index contributed by atoms with van der Waals surface area (Å²) in [5, 5.41) is 0. The molecule has 0 bridgehead atoms. The number of hydrogen-bond donors (Lipinski definition) is 1. The third kappa shape index (κ3) is 2.81. The van der Waals surface area contributed by atoms with E-state index in [1.54, 1.807) is 46.3 Å². The number of benzene rings is 1. The molecule has 1 aromatic rings. The fraction of sp³-hybridized carbons (Fsp3) is 0.500. The minimum atomic E-state index is -0.892. The molecule has 0 heterocycles. The molecule has 0 amide bonds. The first-order valence-corrected chi connectivity index (χ1v) is 5.95. The lowest BCUT2D eigenvalue weighted by atomic mass is 9.80. The van der Waals surface area contributed by atoms with Crippen LogP contribution in [-0.4, -0.2) is 27.3 Å². The standard InChI is InChI=1S/C14H21NO4/c1-14(2,13(16)19-5)12(15)11-9(17-3)7-6-8-10(11)18-4/h6-8,12H,15H2,1-5H3/t12-/m1/s1. The Hall–Kier alpha value is -1.75. The first-order chi connectivity index (χ1) is 8.89. The molecular formula is C14H21NO4. The molecule has 0 radical (unpaired) electrons. The number of methoxy groups -OCH3 is 3. The van der Waals surface area contributed by atoms with E-state index < -0.39 is 11.5 Å². The molecule has 0 aliphatic carbocycles. The summed E-state index contributed by atoms with van der Waals surface area (Å²) in [5.74, 6) is 0.792. The molecule has 0 aliphatic rings. The SMILES string of the molecule is COC(=O)C(C)(C)[C@H](N)c1c(OC)cccc1OC. The summed E-state index contributed by atoms with van der Waals surface area (Å²) < 4.78 is 15.4. The van der Waals surface area contributed by atoms with Crippen molar-refractivity contribution in [1.29, 1.82) is 0 Å². The molecule has 1 aromatic carbocycles. The van der Waals surface area contributed by atoms with Crippen LogP contribution in [0.3, 0.4) is 0 Å². The average Bonchev–Trinajstić information content (AvgIpc) is 2.44. The number of carbonyl (C=O) groups excluding carboxylic acids is 1. The van der Waals surface area contributed by atoms with E-state index in [-0.39, 0.29) is 5.97 Å². The second-order valence-electron chi connectivity index (χ2n) is 4.77. The Morgan fingerprint density at radius 1 is 1.16 bits per heavy atom. The van der Waals surface area contributed by atoms with Crippen LogP contribution in [0.25, 0.3) is 0 Å². The van der Waals surface area contributed by atoms with E-state index in [4.69, 9.17) is 19.9 Å². The Balaban J connectivity index is 3.32. The molecule has 2 N–H and O–H groups in total. The number of rotatable bonds is 5. The van der Waals surface area contributed by atoms with Crippen LogP contribution < -0.4 is 15.2 Å². The molecule has 0 unspecified atom stereocenters. The van der Waals surface area contributed by atoms with Gasteiger partial charge in [-0.05, 0) is 26.0 Å². The molecular weight excluding hydrogens is 246 g/mol. The number of nitrogens with two attached hydrogens (primary N) is 1. The van der Waals surface area contributed by atoms with E-state index in [0.717, 1.165) is 0 Å². The minimum Gasteiger partial charge on any atom is -0.496 e. The third-order valence-electron chi connectivity index (χ3n) is 3.27. The van der Waals surface area contributed by atoms with Crippen LogP contribution in [-0.2, 0) is 9.53 Å². The summed E-state index contributed by atoms with van der Waals surface area (Å²) >= 11 is 0. The maximum Gasteiger partial charge on any atom is 0.313 e. The Labute approximate surface area is 113 Å². The Kier molecular flexibility index (Phi) is 4.78. The van der Waals surface area contributed by atoms with Gasteiger partial charge in [0.25, 0.3) is 0 Å². The van der Waals surface area contributed by atoms with Crippen LogP contribution in [0.5, 0.6) is 11.5 Å². The highest BCUT2D eigenvalue weighted by Crippen LogP contribution is 2.41. The number of hydrogen-bond acceptors (Lipinski definition) is 5. The maximum absolute atomic E-state index is 11.9. The fourth-order valence-electron chi connectivity index (χ4n) is 1.94. The average molecular weight is 267 g/mol. The first-order valence-electron chi connectivity index (χ1n) is 5.95. The predicted molar refractivity (Wildman–Crippen MR) is 72.3 cm³/mol. The summed E-state index contributed by atoms with van der Waals surface area (Å²) in [6, 6.07) is 4.76. The molecule has 1 rings (SSSR count). The second kappa shape index (κ2) is 5.93. The van der Waals surface area contributed by atoms with Gasteiger partial charge in [-0.25, -0.2) is 0 Å². The first kappa shape index (κ1) is 15.3. The van der Waals surface area contributed by atoms with E-state index in [0.29, 0.717) is 17.1 Å². The normalized spacial score (nSPS) is 12.7. The van der Waals surface area contributed by atoms with Gasteiger partial charge in [0.05, 0.1) is 38.3 Å². The van der Waals surface area contributed by atoms with Gasteiger partial charge >= 0.3 is 5.97 Å². The van der Waals surface area contributed by atoms with Gasteiger partial charge in [-0.15, -0.1) is 0 Å². The van der Waals surface area contributed by atoms with Crippen LogP contribution in [0.1, 0.15) is 25.5 Å². The quantitative estimate of drug-likeness (QED) is 0.825. The molecule has 5 heteroatoms. The summed E-state index contributed by atoms with van der Waals surface area (Å²) in [5.41, 5.74) is 6.00. The lowest BCUT2D eigenvalue weighted by molar-refractivity contribution is -0.152. The highest BCUT2D eigenvalue weighted by atomic mass is 16.5. The van der Waals surface area contributed by atoms with Crippen molar-refractivity contribution in [3.8, 4) is 11.5 Å². The monoisotopic (exact) mass is 267 g/mol. The van der Waals surface area contributed by atoms with Crippen LogP contribution in [0, 0.1) is 5.41 Å². The van der Waals surface area contributed by atoms with Gasteiger partial charge in [0, 0.05) is 0 Å². The Bertz CT molecular complexity index is 435. The fourth-order valence-corrected chi connectivity index (χ4v) is 1.94. The van der Waals surface area contributed by atoms with E-state index in [9.17, 15) is 4.79 Å². The maximum atomic E-state index is 11.9. The van der Waals surface area contributed by atoms with Crippen molar-refractivity contribution in [3.63, 3.8) is 0 Å². The van der Waals surface area contributed by atoms with Crippen molar-refractivity contribution >= 4 is 5.97 Å². The number of ether oxygens (including phenoxy) is 3. The van der Waals surface area contributed by atoms with Crippen molar-refractivity contribution in [1.82, 2.24) is 0 Å². The largest absolute Gasteiger partial charge is 0.496 e. The van der Waals surface area contributed by atoms with Crippen LogP contribution in [0.2, 0.25) is 0 Å². The molecule has 0 saturated heterocycles. The zero-order chi connectivity index (χ0) is 14.6. The highest BCUT2D eigenvalue weighted by Gasteiger charge is 2.39. The van der Waals surface area contributed by atoms with Crippen molar-refractivity contribution in [2.75, 3.05) is 21.3 Å². The summed E-state index contributed by atoms with van der Waals surface area (Å²) in [6.07, 6.45) is 0. The van der Waals surface area contributed by atoms with Crippen molar-refractivity contribution in [3.05, 3.63) is 23.8 Å². The lowest BCUT2D eigenvalue weighted by Gasteiger charge is -2.30. The van der Waals surface area contributed by atoms with Crippen molar-refractivity contribution < 1.29 is 19.0 Å². The predicted octanol–water partition coefficient (Wildman–Crippen LogP) is 1.90. The van der Waals surface area contributed by atoms with Crippen LogP contribution in [0.15, 0.2) is 18.2 Å². The third-order valence-corrected chi connectivity index (χ3v) is 3.27. The second-order valence-corrected chi connectivity index (χ2v) is 4.77. The zero-order valence-electron chi connectivity index (χ0n) is 12.0. The minimum absolute atomic E-state index is 0.382. The van der Waals surface area contributed by atoms with Gasteiger partial charge in [-0.1, -0.05) is 6.07 Å². The number of carbonyl (C=O) groups is 1. The summed E-state index contributed by atoms with van der Waals surface area (Å²) in [6.45, 7) is 3.46. The van der Waals surface area contributed by atoms with E-state index >= 15 is 0 Å². The van der Waals surface area contributed by atoms with E-state index in [1.807, 2.05) is 0 Å². The summed E-state index contributed by atoms with van der Waals surface area (Å²) in [7, 11) is 4.45. The Morgan fingerprint density at radius 3 is 2.00 bits per heavy atom. The lowest BCUT2D eigenvalue weighted by Crippen LogP contribution is -2.37. The zero-order valence-corrected chi connectivity index (χ0v) is 12.0. The molecule has 0 aliphatic heterocycles. The molecule has 0 aromatic heterocycles. The van der Waals surface area contributed by atoms with Crippen molar-refractivity contribution in [2.24, 2.45) is 11.1 Å². The van der Waals surface area contributed by atoms with Gasteiger partial charge in [-0.3, -0.25) is 4.79 Å². The molecule has 0 fully saturated rings. The van der Waals surface area contributed by atoms with Crippen molar-refractivity contribution in [2.45, 2.75) is 19.9 Å². The number of esters is 1. The van der Waals surface area contributed by atoms with Gasteiger partial charge in [-0.2, -0.15) is 0 Å². The van der Waals surface area contributed by atoms with Crippen LogP contribution in [0.4, 0.5) is 0 Å². The van der Waals surface area contributed by atoms with Gasteiger partial charge in [0.1, 0.15) is 11.5 Å². The van der Waals surface area contributed by atoms with E-state index in [2.05, 4.69) is 0 Å². The smallest absolute Gasteiger partial charge is 0.313 e.